The quantitative estimate of drug-likeness (QED) is 0.0912. The summed E-state index contributed by atoms with van der Waals surface area (Å²) in [6, 6.07) is 7.01. The minimum atomic E-state index is -4.94. The number of rotatable bonds is 18. The van der Waals surface area contributed by atoms with Gasteiger partial charge in [-0.1, -0.05) is 30.8 Å². The molecular formula is C29H41N3O18P2. The van der Waals surface area contributed by atoms with Crippen molar-refractivity contribution in [3.05, 3.63) is 24.3 Å². The number of aromatic nitrogens is 3. The molecule has 23 heteroatoms. The molecule has 0 bridgehead atoms. The summed E-state index contributed by atoms with van der Waals surface area (Å²) in [6.45, 7) is 4.24. The second-order valence-corrected chi connectivity index (χ2v) is 14.8. The van der Waals surface area contributed by atoms with E-state index >= 15 is 0 Å². The van der Waals surface area contributed by atoms with E-state index in [1.54, 1.807) is 38.1 Å². The van der Waals surface area contributed by atoms with E-state index in [0.29, 0.717) is 23.9 Å². The lowest BCUT2D eigenvalue weighted by Crippen LogP contribution is -2.71. The minimum Gasteiger partial charge on any atom is -0.438 e. The first-order valence-corrected chi connectivity index (χ1v) is 18.8. The molecule has 1 aromatic carbocycles. The number of hydrogen-bond donors (Lipinski definition) is 0. The van der Waals surface area contributed by atoms with Gasteiger partial charge >= 0.3 is 39.5 Å². The molecule has 1 saturated carbocycles. The molecule has 52 heavy (non-hydrogen) atoms. The van der Waals surface area contributed by atoms with Crippen LogP contribution in [0.25, 0.3) is 11.0 Å². The maximum atomic E-state index is 14.2. The Morgan fingerprint density at radius 3 is 1.77 bits per heavy atom. The van der Waals surface area contributed by atoms with Crippen LogP contribution >= 0.6 is 15.6 Å². The Kier molecular flexibility index (Phi) is 14.3. The first-order valence-electron chi connectivity index (χ1n) is 15.9. The monoisotopic (exact) mass is 781 g/mol. The van der Waals surface area contributed by atoms with E-state index in [1.807, 2.05) is 0 Å². The van der Waals surface area contributed by atoms with Crippen LogP contribution < -0.4 is 4.84 Å². The van der Waals surface area contributed by atoms with Crippen LogP contribution in [0.15, 0.2) is 24.3 Å². The van der Waals surface area contributed by atoms with Crippen molar-refractivity contribution in [2.45, 2.75) is 78.3 Å². The zero-order chi connectivity index (χ0) is 38.1. The molecule has 0 amide bonds. The number of fused-ring (bicyclic) bond motifs is 2. The van der Waals surface area contributed by atoms with E-state index in [9.17, 15) is 28.3 Å². The summed E-state index contributed by atoms with van der Waals surface area (Å²) >= 11 is 0. The van der Waals surface area contributed by atoms with Crippen LogP contribution in [0.4, 0.5) is 0 Å². The van der Waals surface area contributed by atoms with Crippen molar-refractivity contribution >= 4 is 50.6 Å². The van der Waals surface area contributed by atoms with Crippen molar-refractivity contribution in [1.82, 2.24) is 15.2 Å². The lowest BCUT2D eigenvalue weighted by atomic mass is 9.63. The van der Waals surface area contributed by atoms with Crippen LogP contribution in [0.2, 0.25) is 0 Å². The van der Waals surface area contributed by atoms with Gasteiger partial charge in [-0.15, -0.1) is 5.10 Å². The Morgan fingerprint density at radius 2 is 1.27 bits per heavy atom. The second-order valence-electron chi connectivity index (χ2n) is 11.6. The van der Waals surface area contributed by atoms with E-state index in [0.717, 1.165) is 27.7 Å². The average Bonchev–Trinajstić information content (AvgIpc) is 3.47. The maximum Gasteiger partial charge on any atom is 0.481 e. The standard InChI is InChI=1S/C29H41N3O18P2/c1-18-19(2)29(50-32-25-11-8-7-10-24(25)30-31-32)12-9-13-39-28(29)27(49-52(38,46-16-42-22(5)35)47-17-43-23(6)36)26(18)48-51(37,44-14-40-20(3)33)45-15-41-21(4)34/h7-8,10-11,18-19,26-28H,9,12-17H2,1-6H3/t18-,19-,26+,27+,28+,29-/m1/s1. The number of benzene rings is 1. The number of ether oxygens (including phenoxy) is 5. The number of carbonyl (C=O) groups excluding carboxylic acids is 4. The van der Waals surface area contributed by atoms with Crippen LogP contribution in [0, 0.1) is 11.8 Å². The first-order chi connectivity index (χ1) is 24.6. The van der Waals surface area contributed by atoms with Crippen LogP contribution in [0.5, 0.6) is 0 Å². The second kappa shape index (κ2) is 18.0. The number of esters is 4. The fourth-order valence-electron chi connectivity index (χ4n) is 5.62. The van der Waals surface area contributed by atoms with Crippen molar-refractivity contribution in [3.8, 4) is 0 Å². The van der Waals surface area contributed by atoms with Crippen molar-refractivity contribution in [2.75, 3.05) is 33.8 Å². The van der Waals surface area contributed by atoms with Gasteiger partial charge in [0, 0.05) is 40.2 Å². The summed E-state index contributed by atoms with van der Waals surface area (Å²) in [5.41, 5.74) is -0.314. The Hall–Kier alpha value is -3.52. The number of hydrogen-bond acceptors (Lipinski definition) is 20. The smallest absolute Gasteiger partial charge is 0.438 e. The molecule has 0 radical (unpaired) electrons. The molecule has 4 rings (SSSR count). The molecule has 2 aromatic rings. The van der Waals surface area contributed by atoms with Crippen LogP contribution in [0.1, 0.15) is 54.4 Å². The first kappa shape index (κ1) is 41.2. The average molecular weight is 782 g/mol. The highest BCUT2D eigenvalue weighted by atomic mass is 31.2. The molecule has 290 valence electrons. The summed E-state index contributed by atoms with van der Waals surface area (Å²) in [5.74, 6) is -4.54. The summed E-state index contributed by atoms with van der Waals surface area (Å²) in [7, 11) is -9.80. The van der Waals surface area contributed by atoms with Gasteiger partial charge in [-0.25, -0.2) is 27.2 Å². The molecule has 1 aromatic heterocycles. The molecule has 21 nitrogen and oxygen atoms in total. The van der Waals surface area contributed by atoms with Gasteiger partial charge in [0.1, 0.15) is 29.3 Å². The molecule has 0 unspecified atom stereocenters. The van der Waals surface area contributed by atoms with E-state index in [2.05, 4.69) is 10.3 Å². The van der Waals surface area contributed by atoms with Gasteiger partial charge in [-0.2, -0.15) is 0 Å². The van der Waals surface area contributed by atoms with Crippen molar-refractivity contribution in [1.29, 1.82) is 0 Å². The van der Waals surface area contributed by atoms with Crippen molar-refractivity contribution in [2.24, 2.45) is 11.8 Å². The molecule has 0 spiro atoms. The van der Waals surface area contributed by atoms with Gasteiger partial charge in [0.25, 0.3) is 0 Å². The zero-order valence-corrected chi connectivity index (χ0v) is 31.0. The number of phosphoric acid groups is 2. The maximum absolute atomic E-state index is 14.2. The van der Waals surface area contributed by atoms with Crippen molar-refractivity contribution < 1.29 is 84.0 Å². The van der Waals surface area contributed by atoms with Crippen LogP contribution in [-0.2, 0) is 79.1 Å². The summed E-state index contributed by atoms with van der Waals surface area (Å²) in [4.78, 5) is 53.8. The number of carbonyl (C=O) groups is 4. The third-order valence-corrected chi connectivity index (χ3v) is 10.9. The van der Waals surface area contributed by atoms with E-state index in [4.69, 9.17) is 55.7 Å². The Morgan fingerprint density at radius 1 is 0.788 bits per heavy atom. The van der Waals surface area contributed by atoms with Gasteiger partial charge in [0.15, 0.2) is 5.60 Å². The van der Waals surface area contributed by atoms with Crippen LogP contribution in [-0.4, -0.2) is 96.7 Å². The minimum absolute atomic E-state index is 0.137. The van der Waals surface area contributed by atoms with Gasteiger partial charge < -0.3 is 28.5 Å². The Balaban J connectivity index is 1.80. The zero-order valence-electron chi connectivity index (χ0n) is 29.2. The van der Waals surface area contributed by atoms with E-state index in [1.165, 1.54) is 4.85 Å². The molecule has 1 saturated heterocycles. The van der Waals surface area contributed by atoms with E-state index in [-0.39, 0.29) is 6.61 Å². The SMILES string of the molecule is CC(=O)OCOP(=O)(OCOC(C)=O)O[C@H]1[C@H](C)[C@@H](C)[C@]2(On3nnc4ccccc43)CCCO[C@H]2[C@H]1OP(=O)(OCOC(C)=O)OCOC(C)=O. The summed E-state index contributed by atoms with van der Waals surface area (Å²) in [5, 5.41) is 8.34. The normalized spacial score (nSPS) is 24.8. The molecule has 2 fully saturated rings. The highest BCUT2D eigenvalue weighted by molar-refractivity contribution is 7.48. The highest BCUT2D eigenvalue weighted by Gasteiger charge is 2.64. The molecule has 6 atom stereocenters. The Labute approximate surface area is 297 Å². The predicted octanol–water partition coefficient (Wildman–Crippen LogP) is 3.20. The summed E-state index contributed by atoms with van der Waals surface area (Å²) in [6.07, 6.45) is -3.54. The highest BCUT2D eigenvalue weighted by Crippen LogP contribution is 2.60. The fourth-order valence-corrected chi connectivity index (χ4v) is 7.88. The largest absolute Gasteiger partial charge is 0.481 e. The lowest BCUT2D eigenvalue weighted by Gasteiger charge is -2.56. The van der Waals surface area contributed by atoms with Gasteiger partial charge in [-0.05, 0) is 36.1 Å². The third-order valence-electron chi connectivity index (χ3n) is 8.16. The number of phosphoric ester groups is 2. The fraction of sp³-hybridized carbons (Fsp3) is 0.655. The third kappa shape index (κ3) is 10.5. The van der Waals surface area contributed by atoms with Gasteiger partial charge in [0.2, 0.25) is 27.2 Å². The topological polar surface area (TPSA) is 244 Å². The number of para-hydroxylation sites is 1. The lowest BCUT2D eigenvalue weighted by molar-refractivity contribution is -0.278. The molecule has 2 heterocycles. The molecular weight excluding hydrogens is 740 g/mol. The van der Waals surface area contributed by atoms with E-state index < -0.39 is 102 Å². The molecule has 1 aliphatic heterocycles. The van der Waals surface area contributed by atoms with Gasteiger partial charge in [-0.3, -0.25) is 28.2 Å². The number of nitrogens with zero attached hydrogens (tertiary/aromatic N) is 3. The van der Waals surface area contributed by atoms with Gasteiger partial charge in [0.05, 0.1) is 0 Å². The predicted molar refractivity (Wildman–Crippen MR) is 170 cm³/mol. The molecule has 2 aliphatic rings. The Bertz CT molecular complexity index is 1620. The molecule has 0 N–H and O–H groups in total. The molecule has 1 aliphatic carbocycles. The van der Waals surface area contributed by atoms with Crippen LogP contribution in [0.3, 0.4) is 0 Å². The summed E-state index contributed by atoms with van der Waals surface area (Å²) < 4.78 is 86.8. The van der Waals surface area contributed by atoms with Crippen molar-refractivity contribution in [3.63, 3.8) is 0 Å².